The van der Waals surface area contributed by atoms with Crippen molar-refractivity contribution in [3.8, 4) is 11.5 Å². The highest BCUT2D eigenvalue weighted by Crippen LogP contribution is 2.43. The van der Waals surface area contributed by atoms with Crippen molar-refractivity contribution in [2.75, 3.05) is 13.7 Å². The average molecular weight is 349 g/mol. The van der Waals surface area contributed by atoms with E-state index in [4.69, 9.17) is 9.47 Å². The normalized spacial score (nSPS) is 18.5. The van der Waals surface area contributed by atoms with E-state index in [0.717, 1.165) is 33.5 Å². The van der Waals surface area contributed by atoms with E-state index in [1.165, 1.54) is 0 Å². The lowest BCUT2D eigenvalue weighted by Crippen LogP contribution is -2.20. The third kappa shape index (κ3) is 2.78. The first-order chi connectivity index (χ1) is 10.2. The molecule has 0 aliphatic carbocycles. The molecular formula is C17H17BrO3. The smallest absolute Gasteiger partial charge is 0.122 e. The van der Waals surface area contributed by atoms with E-state index >= 15 is 0 Å². The Labute approximate surface area is 132 Å². The van der Waals surface area contributed by atoms with Gasteiger partial charge in [-0.05, 0) is 30.2 Å². The zero-order valence-corrected chi connectivity index (χ0v) is 13.3. The summed E-state index contributed by atoms with van der Waals surface area (Å²) in [5.74, 6) is 1.68. The fourth-order valence-electron chi connectivity index (χ4n) is 2.79. The lowest BCUT2D eigenvalue weighted by Gasteiger charge is -2.30. The first kappa shape index (κ1) is 14.4. The second kappa shape index (κ2) is 6.08. The lowest BCUT2D eigenvalue weighted by atomic mass is 9.85. The highest BCUT2D eigenvalue weighted by atomic mass is 79.9. The number of methoxy groups -OCH3 is 1. The van der Waals surface area contributed by atoms with E-state index in [-0.39, 0.29) is 5.92 Å². The van der Waals surface area contributed by atoms with Crippen LogP contribution in [0.25, 0.3) is 0 Å². The van der Waals surface area contributed by atoms with Crippen molar-refractivity contribution >= 4 is 15.9 Å². The largest absolute Gasteiger partial charge is 0.497 e. The minimum absolute atomic E-state index is 0.0413. The van der Waals surface area contributed by atoms with Crippen LogP contribution in [0.5, 0.6) is 11.5 Å². The summed E-state index contributed by atoms with van der Waals surface area (Å²) >= 11 is 3.52. The van der Waals surface area contributed by atoms with Crippen LogP contribution >= 0.6 is 15.9 Å². The number of aliphatic hydroxyl groups is 1. The maximum absolute atomic E-state index is 10.8. The van der Waals surface area contributed by atoms with Gasteiger partial charge in [-0.1, -0.05) is 40.2 Å². The van der Waals surface area contributed by atoms with Crippen LogP contribution in [0.3, 0.4) is 0 Å². The SMILES string of the molecule is COc1ccc(C(O)C2CCOc3ccccc32)c(Br)c1. The van der Waals surface area contributed by atoms with Gasteiger partial charge in [0.1, 0.15) is 11.5 Å². The van der Waals surface area contributed by atoms with Gasteiger partial charge < -0.3 is 14.6 Å². The maximum atomic E-state index is 10.8. The summed E-state index contributed by atoms with van der Waals surface area (Å²) in [5.41, 5.74) is 1.94. The summed E-state index contributed by atoms with van der Waals surface area (Å²) in [5, 5.41) is 10.8. The second-order valence-electron chi connectivity index (χ2n) is 5.11. The van der Waals surface area contributed by atoms with E-state index < -0.39 is 6.10 Å². The van der Waals surface area contributed by atoms with Gasteiger partial charge in [-0.2, -0.15) is 0 Å². The van der Waals surface area contributed by atoms with Gasteiger partial charge in [0, 0.05) is 16.0 Å². The van der Waals surface area contributed by atoms with Gasteiger partial charge in [0.25, 0.3) is 0 Å². The molecule has 0 fully saturated rings. The topological polar surface area (TPSA) is 38.7 Å². The highest BCUT2D eigenvalue weighted by Gasteiger charge is 2.29. The van der Waals surface area contributed by atoms with Gasteiger partial charge in [0.05, 0.1) is 19.8 Å². The fraction of sp³-hybridized carbons (Fsp3) is 0.294. The molecule has 0 spiro atoms. The van der Waals surface area contributed by atoms with Gasteiger partial charge in [-0.25, -0.2) is 0 Å². The highest BCUT2D eigenvalue weighted by molar-refractivity contribution is 9.10. The third-order valence-electron chi connectivity index (χ3n) is 3.91. The molecule has 1 heterocycles. The summed E-state index contributed by atoms with van der Waals surface area (Å²) in [4.78, 5) is 0. The van der Waals surface area contributed by atoms with E-state index in [1.54, 1.807) is 7.11 Å². The molecule has 110 valence electrons. The molecule has 2 unspecified atom stereocenters. The number of ether oxygens (including phenoxy) is 2. The number of halogens is 1. The molecule has 4 heteroatoms. The van der Waals surface area contributed by atoms with Crippen LogP contribution in [0.15, 0.2) is 46.9 Å². The molecule has 2 atom stereocenters. The predicted octanol–water partition coefficient (Wildman–Crippen LogP) is 4.06. The van der Waals surface area contributed by atoms with Gasteiger partial charge in [-0.3, -0.25) is 0 Å². The number of fused-ring (bicyclic) bond motifs is 1. The number of benzene rings is 2. The molecule has 0 radical (unpaired) electrons. The van der Waals surface area contributed by atoms with Crippen molar-refractivity contribution in [3.63, 3.8) is 0 Å². The number of para-hydroxylation sites is 1. The number of hydrogen-bond acceptors (Lipinski definition) is 3. The summed E-state index contributed by atoms with van der Waals surface area (Å²) < 4.78 is 11.7. The molecule has 1 aliphatic heterocycles. The number of hydrogen-bond donors (Lipinski definition) is 1. The van der Waals surface area contributed by atoms with Crippen molar-refractivity contribution in [1.29, 1.82) is 0 Å². The molecule has 0 saturated carbocycles. The summed E-state index contributed by atoms with van der Waals surface area (Å²) in [7, 11) is 1.63. The van der Waals surface area contributed by atoms with Crippen LogP contribution < -0.4 is 9.47 Å². The molecule has 0 aromatic heterocycles. The first-order valence-corrected chi connectivity index (χ1v) is 7.73. The molecule has 2 aromatic carbocycles. The van der Waals surface area contributed by atoms with Gasteiger partial charge in [0.2, 0.25) is 0 Å². The minimum atomic E-state index is -0.574. The molecule has 1 N–H and O–H groups in total. The van der Waals surface area contributed by atoms with Crippen molar-refractivity contribution in [2.24, 2.45) is 0 Å². The molecule has 0 amide bonds. The molecule has 1 aliphatic rings. The summed E-state index contributed by atoms with van der Waals surface area (Å²) in [6, 6.07) is 13.6. The Hall–Kier alpha value is -1.52. The monoisotopic (exact) mass is 348 g/mol. The van der Waals surface area contributed by atoms with Gasteiger partial charge >= 0.3 is 0 Å². The van der Waals surface area contributed by atoms with Crippen molar-refractivity contribution in [1.82, 2.24) is 0 Å². The maximum Gasteiger partial charge on any atom is 0.122 e. The fourth-order valence-corrected chi connectivity index (χ4v) is 3.38. The van der Waals surface area contributed by atoms with Crippen LogP contribution in [0.2, 0.25) is 0 Å². The van der Waals surface area contributed by atoms with E-state index in [9.17, 15) is 5.11 Å². The van der Waals surface area contributed by atoms with Crippen LogP contribution in [-0.4, -0.2) is 18.8 Å². The Kier molecular flexibility index (Phi) is 4.17. The Balaban J connectivity index is 1.94. The average Bonchev–Trinajstić information content (AvgIpc) is 2.53. The van der Waals surface area contributed by atoms with Crippen LogP contribution in [0.4, 0.5) is 0 Å². The molecule has 2 aromatic rings. The lowest BCUT2D eigenvalue weighted by molar-refractivity contribution is 0.116. The Morgan fingerprint density at radius 3 is 2.86 bits per heavy atom. The predicted molar refractivity (Wildman–Crippen MR) is 84.9 cm³/mol. The van der Waals surface area contributed by atoms with Gasteiger partial charge in [-0.15, -0.1) is 0 Å². The molecule has 21 heavy (non-hydrogen) atoms. The molecular weight excluding hydrogens is 332 g/mol. The van der Waals surface area contributed by atoms with Crippen LogP contribution in [-0.2, 0) is 0 Å². The summed E-state index contributed by atoms with van der Waals surface area (Å²) in [6.07, 6.45) is 0.228. The Morgan fingerprint density at radius 2 is 2.10 bits per heavy atom. The second-order valence-corrected chi connectivity index (χ2v) is 5.97. The van der Waals surface area contributed by atoms with E-state index in [1.807, 2.05) is 42.5 Å². The molecule has 3 rings (SSSR count). The number of aliphatic hydroxyl groups excluding tert-OH is 1. The van der Waals surface area contributed by atoms with E-state index in [0.29, 0.717) is 6.61 Å². The minimum Gasteiger partial charge on any atom is -0.497 e. The standard InChI is InChI=1S/C17H17BrO3/c1-20-11-6-7-14(15(18)10-11)17(19)13-8-9-21-16-5-3-2-4-12(13)16/h2-7,10,13,17,19H,8-9H2,1H3. The first-order valence-electron chi connectivity index (χ1n) is 6.94. The molecule has 0 saturated heterocycles. The molecule has 0 bridgehead atoms. The van der Waals surface area contributed by atoms with Crippen molar-refractivity contribution in [2.45, 2.75) is 18.4 Å². The molecule has 3 nitrogen and oxygen atoms in total. The van der Waals surface area contributed by atoms with E-state index in [2.05, 4.69) is 15.9 Å². The zero-order chi connectivity index (χ0) is 14.8. The van der Waals surface area contributed by atoms with Crippen LogP contribution in [0.1, 0.15) is 29.6 Å². The van der Waals surface area contributed by atoms with Gasteiger partial charge in [0.15, 0.2) is 0 Å². The third-order valence-corrected chi connectivity index (χ3v) is 4.60. The number of rotatable bonds is 3. The quantitative estimate of drug-likeness (QED) is 0.908. The zero-order valence-electron chi connectivity index (χ0n) is 11.8. The van der Waals surface area contributed by atoms with Crippen molar-refractivity contribution in [3.05, 3.63) is 58.1 Å². The Bertz CT molecular complexity index is 642. The summed E-state index contributed by atoms with van der Waals surface area (Å²) in [6.45, 7) is 0.631. The van der Waals surface area contributed by atoms with Crippen molar-refractivity contribution < 1.29 is 14.6 Å². The Morgan fingerprint density at radius 1 is 1.29 bits per heavy atom. The van der Waals surface area contributed by atoms with Crippen LogP contribution in [0, 0.1) is 0 Å².